The zero-order valence-corrected chi connectivity index (χ0v) is 14.0. The fourth-order valence-corrected chi connectivity index (χ4v) is 2.75. The first-order valence-electron chi connectivity index (χ1n) is 7.89. The number of methoxy groups -OCH3 is 2. The number of amides is 2. The topological polar surface area (TPSA) is 59.1 Å². The summed E-state index contributed by atoms with van der Waals surface area (Å²) < 4.78 is 10.4. The van der Waals surface area contributed by atoms with E-state index in [4.69, 9.17) is 9.47 Å². The Hall–Kier alpha value is -2.24. The Morgan fingerprint density at radius 1 is 1.00 bits per heavy atom. The van der Waals surface area contributed by atoms with E-state index in [2.05, 4.69) is 0 Å². The number of carbonyl (C=O) groups excluding carboxylic acids is 2. The van der Waals surface area contributed by atoms with Gasteiger partial charge < -0.3 is 19.3 Å². The molecular weight excluding hydrogens is 296 g/mol. The third kappa shape index (κ3) is 3.94. The molecule has 0 radical (unpaired) electrons. The van der Waals surface area contributed by atoms with Gasteiger partial charge in [-0.25, -0.2) is 0 Å². The maximum absolute atomic E-state index is 12.7. The van der Waals surface area contributed by atoms with Gasteiger partial charge in [-0.15, -0.1) is 0 Å². The molecule has 126 valence electrons. The van der Waals surface area contributed by atoms with Crippen LogP contribution in [0, 0.1) is 0 Å². The highest BCUT2D eigenvalue weighted by Crippen LogP contribution is 2.28. The second-order valence-electron chi connectivity index (χ2n) is 5.45. The monoisotopic (exact) mass is 320 g/mol. The van der Waals surface area contributed by atoms with Gasteiger partial charge in [-0.05, 0) is 24.6 Å². The zero-order valence-electron chi connectivity index (χ0n) is 14.0. The van der Waals surface area contributed by atoms with E-state index in [1.807, 2.05) is 11.8 Å². The number of hydrogen-bond donors (Lipinski definition) is 0. The lowest BCUT2D eigenvalue weighted by molar-refractivity contribution is -0.130. The van der Waals surface area contributed by atoms with Crippen molar-refractivity contribution in [2.45, 2.75) is 19.8 Å². The maximum Gasteiger partial charge on any atom is 0.254 e. The predicted molar refractivity (Wildman–Crippen MR) is 86.9 cm³/mol. The number of rotatable bonds is 4. The average Bonchev–Trinajstić information content (AvgIpc) is 2.85. The smallest absolute Gasteiger partial charge is 0.254 e. The van der Waals surface area contributed by atoms with Crippen molar-refractivity contribution >= 4 is 11.8 Å². The number of carbonyl (C=O) groups is 2. The van der Waals surface area contributed by atoms with Crippen molar-refractivity contribution in [1.29, 1.82) is 0 Å². The Morgan fingerprint density at radius 2 is 1.65 bits per heavy atom. The summed E-state index contributed by atoms with van der Waals surface area (Å²) in [5, 5.41) is 0. The lowest BCUT2D eigenvalue weighted by atomic mass is 10.1. The van der Waals surface area contributed by atoms with Crippen LogP contribution in [0.2, 0.25) is 0 Å². The molecule has 23 heavy (non-hydrogen) atoms. The van der Waals surface area contributed by atoms with Crippen molar-refractivity contribution in [3.05, 3.63) is 23.8 Å². The molecule has 2 rings (SSSR count). The van der Waals surface area contributed by atoms with E-state index in [-0.39, 0.29) is 11.8 Å². The van der Waals surface area contributed by atoms with E-state index in [0.717, 1.165) is 6.42 Å². The molecule has 1 saturated heterocycles. The highest BCUT2D eigenvalue weighted by atomic mass is 16.5. The highest BCUT2D eigenvalue weighted by Gasteiger charge is 2.22. The molecule has 0 spiro atoms. The van der Waals surface area contributed by atoms with Crippen molar-refractivity contribution in [2.75, 3.05) is 40.4 Å². The van der Waals surface area contributed by atoms with Gasteiger partial charge in [0.1, 0.15) is 0 Å². The van der Waals surface area contributed by atoms with E-state index in [1.165, 1.54) is 0 Å². The van der Waals surface area contributed by atoms with Crippen molar-refractivity contribution in [2.24, 2.45) is 0 Å². The summed E-state index contributed by atoms with van der Waals surface area (Å²) in [6.45, 7) is 4.37. The van der Waals surface area contributed by atoms with E-state index in [0.29, 0.717) is 49.7 Å². The molecule has 0 atom stereocenters. The molecule has 6 heteroatoms. The van der Waals surface area contributed by atoms with Gasteiger partial charge in [0.15, 0.2) is 11.5 Å². The third-order valence-electron chi connectivity index (χ3n) is 4.07. The maximum atomic E-state index is 12.7. The molecule has 1 aliphatic heterocycles. The fraction of sp³-hybridized carbons (Fsp3) is 0.529. The SMILES string of the molecule is CCC(=O)N1CCCN(C(=O)c2ccc(OC)c(OC)c2)CC1. The summed E-state index contributed by atoms with van der Waals surface area (Å²) >= 11 is 0. The zero-order chi connectivity index (χ0) is 16.8. The van der Waals surface area contributed by atoms with Crippen LogP contribution in [-0.2, 0) is 4.79 Å². The first-order valence-corrected chi connectivity index (χ1v) is 7.89. The lowest BCUT2D eigenvalue weighted by Gasteiger charge is -2.22. The number of hydrogen-bond acceptors (Lipinski definition) is 4. The molecule has 1 heterocycles. The van der Waals surface area contributed by atoms with Crippen LogP contribution in [-0.4, -0.2) is 62.0 Å². The van der Waals surface area contributed by atoms with Crippen LogP contribution >= 0.6 is 0 Å². The Bertz CT molecular complexity index is 574. The van der Waals surface area contributed by atoms with Crippen molar-refractivity contribution in [3.8, 4) is 11.5 Å². The van der Waals surface area contributed by atoms with Gasteiger partial charge in [-0.2, -0.15) is 0 Å². The van der Waals surface area contributed by atoms with Crippen LogP contribution in [0.3, 0.4) is 0 Å². The summed E-state index contributed by atoms with van der Waals surface area (Å²) in [4.78, 5) is 28.1. The average molecular weight is 320 g/mol. The van der Waals surface area contributed by atoms with Crippen LogP contribution < -0.4 is 9.47 Å². The minimum Gasteiger partial charge on any atom is -0.493 e. The molecule has 0 aromatic heterocycles. The normalized spacial score (nSPS) is 15.1. The molecule has 1 aromatic rings. The molecule has 1 aliphatic rings. The summed E-state index contributed by atoms with van der Waals surface area (Å²) in [5.74, 6) is 1.23. The van der Waals surface area contributed by atoms with Gasteiger partial charge in [0, 0.05) is 38.2 Å². The van der Waals surface area contributed by atoms with E-state index in [1.54, 1.807) is 37.3 Å². The Kier molecular flexibility index (Phi) is 5.84. The van der Waals surface area contributed by atoms with Crippen molar-refractivity contribution < 1.29 is 19.1 Å². The summed E-state index contributed by atoms with van der Waals surface area (Å²) in [7, 11) is 3.11. The van der Waals surface area contributed by atoms with Gasteiger partial charge in [-0.3, -0.25) is 9.59 Å². The van der Waals surface area contributed by atoms with Gasteiger partial charge >= 0.3 is 0 Å². The van der Waals surface area contributed by atoms with E-state index in [9.17, 15) is 9.59 Å². The molecule has 0 unspecified atom stereocenters. The van der Waals surface area contributed by atoms with Crippen molar-refractivity contribution in [3.63, 3.8) is 0 Å². The van der Waals surface area contributed by atoms with Crippen LogP contribution in [0.1, 0.15) is 30.1 Å². The summed E-state index contributed by atoms with van der Waals surface area (Å²) in [5.41, 5.74) is 0.568. The van der Waals surface area contributed by atoms with Crippen LogP contribution in [0.4, 0.5) is 0 Å². The first-order chi connectivity index (χ1) is 11.1. The summed E-state index contributed by atoms with van der Waals surface area (Å²) in [6, 6.07) is 5.17. The van der Waals surface area contributed by atoms with Gasteiger partial charge in [0.25, 0.3) is 5.91 Å². The summed E-state index contributed by atoms with van der Waals surface area (Å²) in [6.07, 6.45) is 1.30. The van der Waals surface area contributed by atoms with E-state index < -0.39 is 0 Å². The molecule has 1 aromatic carbocycles. The number of nitrogens with zero attached hydrogens (tertiary/aromatic N) is 2. The largest absolute Gasteiger partial charge is 0.493 e. The van der Waals surface area contributed by atoms with Gasteiger partial charge in [0.2, 0.25) is 5.91 Å². The third-order valence-corrected chi connectivity index (χ3v) is 4.07. The Morgan fingerprint density at radius 3 is 2.30 bits per heavy atom. The Labute approximate surface area is 137 Å². The second kappa shape index (κ2) is 7.85. The molecule has 0 N–H and O–H groups in total. The van der Waals surface area contributed by atoms with Crippen molar-refractivity contribution in [1.82, 2.24) is 9.80 Å². The van der Waals surface area contributed by atoms with Gasteiger partial charge in [0.05, 0.1) is 14.2 Å². The molecule has 0 aliphatic carbocycles. The Balaban J connectivity index is 2.10. The number of benzene rings is 1. The first kappa shape index (κ1) is 17.1. The van der Waals surface area contributed by atoms with Crippen LogP contribution in [0.5, 0.6) is 11.5 Å². The lowest BCUT2D eigenvalue weighted by Crippen LogP contribution is -2.37. The highest BCUT2D eigenvalue weighted by molar-refractivity contribution is 5.95. The van der Waals surface area contributed by atoms with Crippen LogP contribution in [0.25, 0.3) is 0 Å². The molecule has 1 fully saturated rings. The quantitative estimate of drug-likeness (QED) is 0.848. The van der Waals surface area contributed by atoms with E-state index >= 15 is 0 Å². The molecular formula is C17H24N2O4. The second-order valence-corrected chi connectivity index (χ2v) is 5.45. The molecule has 0 bridgehead atoms. The fourth-order valence-electron chi connectivity index (χ4n) is 2.75. The number of ether oxygens (including phenoxy) is 2. The standard InChI is InChI=1S/C17H24N2O4/c1-4-16(20)18-8-5-9-19(11-10-18)17(21)13-6-7-14(22-2)15(12-13)23-3/h6-7,12H,4-5,8-11H2,1-3H3. The minimum atomic E-state index is -0.0447. The minimum absolute atomic E-state index is 0.0447. The molecule has 0 saturated carbocycles. The predicted octanol–water partition coefficient (Wildman–Crippen LogP) is 1.79. The van der Waals surface area contributed by atoms with Gasteiger partial charge in [-0.1, -0.05) is 6.92 Å². The molecule has 6 nitrogen and oxygen atoms in total. The van der Waals surface area contributed by atoms with Crippen LogP contribution in [0.15, 0.2) is 18.2 Å². The molecule has 2 amide bonds.